The minimum absolute atomic E-state index is 0.0478. The summed E-state index contributed by atoms with van der Waals surface area (Å²) in [6, 6.07) is -0.846. The summed E-state index contributed by atoms with van der Waals surface area (Å²) >= 11 is 0. The fraction of sp³-hybridized carbons (Fsp3) is 0.600. The highest BCUT2D eigenvalue weighted by molar-refractivity contribution is 5.69. The number of H-pyrrole nitrogens is 1. The van der Waals surface area contributed by atoms with E-state index in [0.717, 1.165) is 4.68 Å². The van der Waals surface area contributed by atoms with Crippen molar-refractivity contribution in [2.45, 2.75) is 24.7 Å². The zero-order valence-electron chi connectivity index (χ0n) is 10.3. The van der Waals surface area contributed by atoms with Crippen LogP contribution in [0.3, 0.4) is 0 Å². The van der Waals surface area contributed by atoms with Gasteiger partial charge in [0.25, 0.3) is 5.56 Å². The molecule has 9 nitrogen and oxygen atoms in total. The van der Waals surface area contributed by atoms with Crippen molar-refractivity contribution in [3.63, 3.8) is 0 Å². The second-order valence-corrected chi connectivity index (χ2v) is 4.84. The van der Waals surface area contributed by atoms with Gasteiger partial charge in [-0.15, -0.1) is 5.10 Å². The molecule has 1 aliphatic carbocycles. The van der Waals surface area contributed by atoms with Crippen LogP contribution in [-0.4, -0.2) is 54.1 Å². The molecule has 0 aliphatic heterocycles. The van der Waals surface area contributed by atoms with Crippen LogP contribution in [0, 0.1) is 5.92 Å². The maximum Gasteiger partial charge on any atom is 0.282 e. The van der Waals surface area contributed by atoms with Crippen LogP contribution in [0.1, 0.15) is 12.5 Å². The van der Waals surface area contributed by atoms with Gasteiger partial charge >= 0.3 is 0 Å². The highest BCUT2D eigenvalue weighted by Crippen LogP contribution is 2.37. The van der Waals surface area contributed by atoms with E-state index in [1.807, 2.05) is 0 Å². The summed E-state index contributed by atoms with van der Waals surface area (Å²) in [7, 11) is 0. The Hall–Kier alpha value is -2.07. The van der Waals surface area contributed by atoms with E-state index in [1.54, 1.807) is 0 Å². The number of anilines is 1. The number of aromatic nitrogens is 5. The monoisotopic (exact) mass is 284 g/mol. The van der Waals surface area contributed by atoms with Gasteiger partial charge in [-0.05, 0) is 6.42 Å². The molecule has 0 saturated heterocycles. The Morgan fingerprint density at radius 2 is 2.30 bits per heavy atom. The van der Waals surface area contributed by atoms with Gasteiger partial charge in [-0.25, -0.2) is 9.07 Å². The number of aromatic amines is 1. The molecule has 0 radical (unpaired) electrons. The van der Waals surface area contributed by atoms with Crippen LogP contribution in [0.2, 0.25) is 0 Å². The third-order valence-electron chi connectivity index (χ3n) is 3.62. The molecule has 4 atom stereocenters. The van der Waals surface area contributed by atoms with E-state index in [2.05, 4.69) is 20.3 Å². The number of fused-ring (bicyclic) bond motifs is 1. The van der Waals surface area contributed by atoms with Crippen molar-refractivity contribution in [1.82, 2.24) is 25.0 Å². The van der Waals surface area contributed by atoms with Gasteiger partial charge in [-0.2, -0.15) is 4.98 Å². The van der Waals surface area contributed by atoms with Crippen LogP contribution >= 0.6 is 0 Å². The Morgan fingerprint density at radius 3 is 2.95 bits per heavy atom. The number of nitrogens with two attached hydrogens (primary N) is 1. The van der Waals surface area contributed by atoms with Crippen LogP contribution in [0.15, 0.2) is 4.79 Å². The molecule has 2 heterocycles. The van der Waals surface area contributed by atoms with Crippen molar-refractivity contribution < 1.29 is 14.6 Å². The first-order valence-electron chi connectivity index (χ1n) is 6.06. The molecule has 2 aromatic heterocycles. The van der Waals surface area contributed by atoms with Crippen LogP contribution in [0.5, 0.6) is 0 Å². The molecule has 108 valence electrons. The summed E-state index contributed by atoms with van der Waals surface area (Å²) in [5.74, 6) is -0.715. The van der Waals surface area contributed by atoms with Crippen LogP contribution < -0.4 is 11.3 Å². The number of hydrogen-bond acceptors (Lipinski definition) is 7. The van der Waals surface area contributed by atoms with Gasteiger partial charge in [-0.3, -0.25) is 9.78 Å². The first-order chi connectivity index (χ1) is 9.52. The summed E-state index contributed by atoms with van der Waals surface area (Å²) < 4.78 is 15.3. The van der Waals surface area contributed by atoms with Crippen molar-refractivity contribution in [2.75, 3.05) is 12.3 Å². The number of aliphatic hydroxyl groups is 2. The third kappa shape index (κ3) is 1.76. The Bertz CT molecular complexity index is 700. The lowest BCUT2D eigenvalue weighted by molar-refractivity contribution is 0.0392. The lowest BCUT2D eigenvalue weighted by atomic mass is 10.1. The van der Waals surface area contributed by atoms with E-state index in [9.17, 15) is 14.3 Å². The molecule has 10 heteroatoms. The standard InChI is InChI=1S/C10H13FN6O3/c11-5-4(1-3(2-18)7(5)19)17-8-6(15-16-17)9(20)14-10(12)13-8/h3-5,7,18-19H,1-2H2,(H3,12,13,14,20). The largest absolute Gasteiger partial charge is 0.396 e. The lowest BCUT2D eigenvalue weighted by Crippen LogP contribution is -2.27. The number of aliphatic hydroxyl groups excluding tert-OH is 2. The van der Waals surface area contributed by atoms with Gasteiger partial charge in [-0.1, -0.05) is 5.21 Å². The maximum atomic E-state index is 14.1. The Labute approximate surface area is 111 Å². The average Bonchev–Trinajstić information content (AvgIpc) is 2.93. The van der Waals surface area contributed by atoms with Crippen molar-refractivity contribution in [2.24, 2.45) is 5.92 Å². The van der Waals surface area contributed by atoms with Crippen molar-refractivity contribution in [1.29, 1.82) is 0 Å². The predicted molar refractivity (Wildman–Crippen MR) is 65.5 cm³/mol. The summed E-state index contributed by atoms with van der Waals surface area (Å²) in [5.41, 5.74) is 4.90. The van der Waals surface area contributed by atoms with Gasteiger partial charge in [0.15, 0.2) is 11.2 Å². The van der Waals surface area contributed by atoms with Crippen LogP contribution in [0.25, 0.3) is 11.2 Å². The Kier molecular flexibility index (Phi) is 2.91. The van der Waals surface area contributed by atoms with Crippen molar-refractivity contribution >= 4 is 17.1 Å². The zero-order chi connectivity index (χ0) is 14.4. The van der Waals surface area contributed by atoms with Crippen molar-refractivity contribution in [3.05, 3.63) is 10.4 Å². The molecule has 1 aliphatic rings. The number of halogens is 1. The van der Waals surface area contributed by atoms with Gasteiger partial charge in [0, 0.05) is 12.5 Å². The molecule has 0 bridgehead atoms. The minimum Gasteiger partial charge on any atom is -0.396 e. The molecule has 4 unspecified atom stereocenters. The predicted octanol–water partition coefficient (Wildman–Crippen LogP) is -1.65. The fourth-order valence-corrected chi connectivity index (χ4v) is 2.57. The normalized spacial score (nSPS) is 30.1. The number of nitrogens with zero attached hydrogens (tertiary/aromatic N) is 4. The van der Waals surface area contributed by atoms with Gasteiger partial charge in [0.05, 0.1) is 12.1 Å². The van der Waals surface area contributed by atoms with E-state index in [-0.39, 0.29) is 30.1 Å². The Morgan fingerprint density at radius 1 is 1.55 bits per heavy atom. The summed E-state index contributed by atoms with van der Waals surface area (Å²) in [6.45, 7) is -0.332. The minimum atomic E-state index is -1.63. The van der Waals surface area contributed by atoms with Gasteiger partial charge in [0.2, 0.25) is 5.95 Å². The fourth-order valence-electron chi connectivity index (χ4n) is 2.57. The highest BCUT2D eigenvalue weighted by Gasteiger charge is 2.44. The first kappa shape index (κ1) is 12.9. The Balaban J connectivity index is 2.09. The summed E-state index contributed by atoms with van der Waals surface area (Å²) in [5, 5.41) is 26.2. The van der Waals surface area contributed by atoms with E-state index in [4.69, 9.17) is 10.8 Å². The van der Waals surface area contributed by atoms with E-state index < -0.39 is 29.8 Å². The molecule has 0 spiro atoms. The third-order valence-corrected chi connectivity index (χ3v) is 3.62. The van der Waals surface area contributed by atoms with E-state index in [1.165, 1.54) is 0 Å². The molecule has 5 N–H and O–H groups in total. The zero-order valence-corrected chi connectivity index (χ0v) is 10.3. The molecule has 0 aromatic carbocycles. The average molecular weight is 284 g/mol. The number of nitrogen functional groups attached to an aromatic ring is 1. The lowest BCUT2D eigenvalue weighted by Gasteiger charge is -2.14. The molecule has 3 rings (SSSR count). The van der Waals surface area contributed by atoms with Crippen LogP contribution in [0.4, 0.5) is 10.3 Å². The summed E-state index contributed by atoms with van der Waals surface area (Å²) in [6.07, 6.45) is -2.74. The molecule has 1 fully saturated rings. The van der Waals surface area contributed by atoms with E-state index >= 15 is 0 Å². The number of nitrogens with one attached hydrogen (secondary N) is 1. The van der Waals surface area contributed by atoms with Crippen LogP contribution in [-0.2, 0) is 0 Å². The molecular weight excluding hydrogens is 271 g/mol. The number of rotatable bonds is 2. The quantitative estimate of drug-likeness (QED) is 0.517. The van der Waals surface area contributed by atoms with Gasteiger partial charge < -0.3 is 15.9 Å². The first-order valence-corrected chi connectivity index (χ1v) is 6.06. The molecular formula is C10H13FN6O3. The molecule has 1 saturated carbocycles. The maximum absolute atomic E-state index is 14.1. The van der Waals surface area contributed by atoms with E-state index in [0.29, 0.717) is 0 Å². The summed E-state index contributed by atoms with van der Waals surface area (Å²) in [4.78, 5) is 17.8. The second-order valence-electron chi connectivity index (χ2n) is 4.84. The molecule has 2 aromatic rings. The second kappa shape index (κ2) is 4.49. The molecule has 20 heavy (non-hydrogen) atoms. The number of hydrogen-bond donors (Lipinski definition) is 4. The van der Waals surface area contributed by atoms with Crippen molar-refractivity contribution in [3.8, 4) is 0 Å². The topological polar surface area (TPSA) is 143 Å². The number of alkyl halides is 1. The SMILES string of the molecule is Nc1nc2c(nnn2C2CC(CO)C(O)C2F)c(=O)[nH]1. The van der Waals surface area contributed by atoms with Gasteiger partial charge in [0.1, 0.15) is 6.17 Å². The highest BCUT2D eigenvalue weighted by atomic mass is 19.1. The molecule has 0 amide bonds. The smallest absolute Gasteiger partial charge is 0.282 e.